The number of nitrogens with one attached hydrogen (secondary N) is 1. The van der Waals surface area contributed by atoms with Crippen molar-refractivity contribution in [2.24, 2.45) is 5.92 Å². The van der Waals surface area contributed by atoms with Gasteiger partial charge in [-0.3, -0.25) is 0 Å². The molecular formula is C18H27N. The summed E-state index contributed by atoms with van der Waals surface area (Å²) in [6.45, 7) is 8.98. The normalized spacial score (nSPS) is 14.3. The second-order valence-corrected chi connectivity index (χ2v) is 4.90. The third kappa shape index (κ3) is 4.94. The van der Waals surface area contributed by atoms with Gasteiger partial charge in [0.25, 0.3) is 0 Å². The van der Waals surface area contributed by atoms with E-state index in [1.165, 1.54) is 17.7 Å². The number of hydrogen-bond donors (Lipinski definition) is 1. The van der Waals surface area contributed by atoms with Crippen molar-refractivity contribution < 1.29 is 0 Å². The molecule has 0 aliphatic heterocycles. The number of rotatable bonds is 7. The molecular weight excluding hydrogens is 230 g/mol. The zero-order valence-corrected chi connectivity index (χ0v) is 12.7. The monoisotopic (exact) mass is 257 g/mol. The Kier molecular flexibility index (Phi) is 7.02. The second-order valence-electron chi connectivity index (χ2n) is 4.90. The van der Waals surface area contributed by atoms with Gasteiger partial charge in [0.05, 0.1) is 0 Å². The van der Waals surface area contributed by atoms with Crippen LogP contribution < -0.4 is 5.32 Å². The maximum absolute atomic E-state index is 3.57. The Labute approximate surface area is 118 Å². The fraction of sp³-hybridized carbons (Fsp3) is 0.444. The molecule has 1 atom stereocenters. The van der Waals surface area contributed by atoms with Crippen molar-refractivity contribution in [2.45, 2.75) is 47.0 Å². The number of hydrogen-bond acceptors (Lipinski definition) is 1. The Morgan fingerprint density at radius 2 is 1.84 bits per heavy atom. The van der Waals surface area contributed by atoms with Crippen LogP contribution in [0.2, 0.25) is 0 Å². The van der Waals surface area contributed by atoms with Gasteiger partial charge in [-0.15, -0.1) is 0 Å². The summed E-state index contributed by atoms with van der Waals surface area (Å²) in [4.78, 5) is 0. The molecule has 1 N–H and O–H groups in total. The van der Waals surface area contributed by atoms with Crippen LogP contribution in [0.15, 0.2) is 53.8 Å². The smallest absolute Gasteiger partial charge is 0.0384 e. The van der Waals surface area contributed by atoms with E-state index in [1.54, 1.807) is 0 Å². The van der Waals surface area contributed by atoms with Crippen LogP contribution in [0.1, 0.15) is 47.0 Å². The van der Waals surface area contributed by atoms with E-state index < -0.39 is 0 Å². The number of allylic oxidation sites excluding steroid dienone is 3. The lowest BCUT2D eigenvalue weighted by Gasteiger charge is -2.18. The van der Waals surface area contributed by atoms with Crippen LogP contribution in [0, 0.1) is 5.92 Å². The van der Waals surface area contributed by atoms with Gasteiger partial charge in [0.15, 0.2) is 0 Å². The van der Waals surface area contributed by atoms with Gasteiger partial charge in [-0.2, -0.15) is 0 Å². The molecule has 1 aromatic rings. The highest BCUT2D eigenvalue weighted by molar-refractivity contribution is 5.52. The highest BCUT2D eigenvalue weighted by atomic mass is 14.9. The van der Waals surface area contributed by atoms with Gasteiger partial charge >= 0.3 is 0 Å². The first-order chi connectivity index (χ1) is 9.22. The number of benzene rings is 1. The van der Waals surface area contributed by atoms with E-state index >= 15 is 0 Å². The largest absolute Gasteiger partial charge is 0.356 e. The topological polar surface area (TPSA) is 12.0 Å². The lowest BCUT2D eigenvalue weighted by Crippen LogP contribution is -2.07. The Morgan fingerprint density at radius 3 is 2.37 bits per heavy atom. The quantitative estimate of drug-likeness (QED) is 0.611. The standard InChI is InChI=1S/C18H27N/c1-5-8-14-18(17(7-3)15(4)6-2)19-16-12-10-9-11-13-16/h8-15,19H,5-7H2,1-4H3/b14-8-,18-17-. The summed E-state index contributed by atoms with van der Waals surface area (Å²) < 4.78 is 0. The highest BCUT2D eigenvalue weighted by Gasteiger charge is 2.09. The molecule has 1 rings (SSSR count). The van der Waals surface area contributed by atoms with Gasteiger partial charge in [-0.25, -0.2) is 0 Å². The summed E-state index contributed by atoms with van der Waals surface area (Å²) in [6.07, 6.45) is 7.81. The third-order valence-corrected chi connectivity index (χ3v) is 3.51. The molecule has 0 amide bonds. The van der Waals surface area contributed by atoms with Crippen molar-refractivity contribution in [1.82, 2.24) is 0 Å². The molecule has 0 saturated carbocycles. The first-order valence-electron chi connectivity index (χ1n) is 7.44. The first kappa shape index (κ1) is 15.6. The van der Waals surface area contributed by atoms with Crippen molar-refractivity contribution >= 4 is 5.69 Å². The van der Waals surface area contributed by atoms with Crippen LogP contribution in [0.25, 0.3) is 0 Å². The molecule has 0 radical (unpaired) electrons. The van der Waals surface area contributed by atoms with Crippen molar-refractivity contribution in [3.63, 3.8) is 0 Å². The molecule has 0 fully saturated rings. The summed E-state index contributed by atoms with van der Waals surface area (Å²) in [5.74, 6) is 0.623. The van der Waals surface area contributed by atoms with Crippen molar-refractivity contribution in [2.75, 3.05) is 5.32 Å². The lowest BCUT2D eigenvalue weighted by molar-refractivity contribution is 0.628. The van der Waals surface area contributed by atoms with E-state index in [9.17, 15) is 0 Å². The summed E-state index contributed by atoms with van der Waals surface area (Å²) in [5, 5.41) is 3.57. The molecule has 1 heteroatoms. The van der Waals surface area contributed by atoms with Crippen LogP contribution in [-0.4, -0.2) is 0 Å². The molecule has 1 unspecified atom stereocenters. The molecule has 1 nitrogen and oxygen atoms in total. The summed E-state index contributed by atoms with van der Waals surface area (Å²) >= 11 is 0. The second kappa shape index (κ2) is 8.58. The predicted molar refractivity (Wildman–Crippen MR) is 86.3 cm³/mol. The summed E-state index contributed by atoms with van der Waals surface area (Å²) in [5.41, 5.74) is 3.94. The Hall–Kier alpha value is -1.50. The van der Waals surface area contributed by atoms with E-state index in [2.05, 4.69) is 69.4 Å². The zero-order valence-electron chi connectivity index (χ0n) is 12.7. The molecule has 104 valence electrons. The summed E-state index contributed by atoms with van der Waals surface area (Å²) in [7, 11) is 0. The predicted octanol–water partition coefficient (Wildman–Crippen LogP) is 5.77. The van der Waals surface area contributed by atoms with Crippen LogP contribution in [-0.2, 0) is 0 Å². The van der Waals surface area contributed by atoms with Crippen molar-refractivity contribution in [3.8, 4) is 0 Å². The van der Waals surface area contributed by atoms with Crippen LogP contribution in [0.5, 0.6) is 0 Å². The molecule has 0 saturated heterocycles. The maximum Gasteiger partial charge on any atom is 0.0384 e. The molecule has 19 heavy (non-hydrogen) atoms. The maximum atomic E-state index is 3.57. The van der Waals surface area contributed by atoms with E-state index in [-0.39, 0.29) is 0 Å². The average Bonchev–Trinajstić information content (AvgIpc) is 2.46. The third-order valence-electron chi connectivity index (χ3n) is 3.51. The SMILES string of the molecule is CC/C=C\C(Nc1ccccc1)=C(/CC)C(C)CC. The van der Waals surface area contributed by atoms with Gasteiger partial charge < -0.3 is 5.32 Å². The van der Waals surface area contributed by atoms with Crippen LogP contribution in [0.3, 0.4) is 0 Å². The van der Waals surface area contributed by atoms with Gasteiger partial charge in [0.1, 0.15) is 0 Å². The lowest BCUT2D eigenvalue weighted by atomic mass is 9.94. The Morgan fingerprint density at radius 1 is 1.16 bits per heavy atom. The highest BCUT2D eigenvalue weighted by Crippen LogP contribution is 2.24. The Balaban J connectivity index is 3.05. The van der Waals surface area contributed by atoms with Crippen molar-refractivity contribution in [1.29, 1.82) is 0 Å². The van der Waals surface area contributed by atoms with E-state index in [0.717, 1.165) is 18.5 Å². The zero-order chi connectivity index (χ0) is 14.1. The van der Waals surface area contributed by atoms with Crippen LogP contribution in [0.4, 0.5) is 5.69 Å². The molecule has 0 heterocycles. The van der Waals surface area contributed by atoms with Crippen LogP contribution >= 0.6 is 0 Å². The molecule has 0 aliphatic rings. The van der Waals surface area contributed by atoms with Gasteiger partial charge in [-0.1, -0.05) is 52.0 Å². The molecule has 0 bridgehead atoms. The van der Waals surface area contributed by atoms with E-state index in [0.29, 0.717) is 5.92 Å². The average molecular weight is 257 g/mol. The van der Waals surface area contributed by atoms with Gasteiger partial charge in [0.2, 0.25) is 0 Å². The molecule has 0 aromatic heterocycles. The minimum absolute atomic E-state index is 0.623. The molecule has 1 aromatic carbocycles. The van der Waals surface area contributed by atoms with Gasteiger partial charge in [-0.05, 0) is 49.0 Å². The minimum Gasteiger partial charge on any atom is -0.356 e. The molecule has 0 aliphatic carbocycles. The van der Waals surface area contributed by atoms with E-state index in [4.69, 9.17) is 0 Å². The first-order valence-corrected chi connectivity index (χ1v) is 7.44. The van der Waals surface area contributed by atoms with Crippen molar-refractivity contribution in [3.05, 3.63) is 53.8 Å². The van der Waals surface area contributed by atoms with Gasteiger partial charge in [0, 0.05) is 11.4 Å². The summed E-state index contributed by atoms with van der Waals surface area (Å²) in [6, 6.07) is 10.4. The fourth-order valence-corrected chi connectivity index (χ4v) is 2.19. The molecule has 0 spiro atoms. The van der Waals surface area contributed by atoms with E-state index in [1.807, 2.05) is 6.07 Å². The minimum atomic E-state index is 0.623. The number of para-hydroxylation sites is 1. The Bertz CT molecular complexity index is 415. The fourth-order valence-electron chi connectivity index (χ4n) is 2.19. The number of anilines is 1.